The Hall–Kier alpha value is -3.03. The second-order valence-corrected chi connectivity index (χ2v) is 16.2. The molecule has 5 nitrogen and oxygen atoms in total. The second-order valence-electron chi connectivity index (χ2n) is 11.4. The van der Waals surface area contributed by atoms with Crippen LogP contribution in [0.4, 0.5) is 11.4 Å². The van der Waals surface area contributed by atoms with Gasteiger partial charge in [0, 0.05) is 59.4 Å². The molecule has 1 spiro atoms. The van der Waals surface area contributed by atoms with Gasteiger partial charge in [0.05, 0.1) is 13.2 Å². The SMILES string of the molecule is CCN(CC)c1ccc(-c2cc3c(s2)C2(OCCO2)c2sc(-c4ccc(N(CC)CC)cc4)cc2[P+]3(O)c2ccccc2)cc1. The van der Waals surface area contributed by atoms with E-state index in [1.54, 1.807) is 22.7 Å². The van der Waals surface area contributed by atoms with Crippen LogP contribution in [0.15, 0.2) is 91.0 Å². The maximum absolute atomic E-state index is 13.2. The van der Waals surface area contributed by atoms with Crippen molar-refractivity contribution in [2.24, 2.45) is 0 Å². The summed E-state index contributed by atoms with van der Waals surface area (Å²) >= 11 is 3.38. The number of ether oxygens (including phenoxy) is 2. The smallest absolute Gasteiger partial charge is 0.249 e. The third-order valence-corrected chi connectivity index (χ3v) is 15.1. The van der Waals surface area contributed by atoms with E-state index in [4.69, 9.17) is 9.47 Å². The van der Waals surface area contributed by atoms with Gasteiger partial charge in [-0.05, 0) is 75.2 Å². The Kier molecular flexibility index (Phi) is 8.36. The third kappa shape index (κ3) is 4.96. The minimum Gasteiger partial charge on any atom is -0.372 e. The molecule has 45 heavy (non-hydrogen) atoms. The molecular weight excluding hydrogens is 616 g/mol. The zero-order valence-corrected chi connectivity index (χ0v) is 28.9. The van der Waals surface area contributed by atoms with Crippen molar-refractivity contribution in [2.75, 3.05) is 49.2 Å². The van der Waals surface area contributed by atoms with Gasteiger partial charge in [-0.2, -0.15) is 0 Å². The first-order valence-corrected chi connectivity index (χ1v) is 19.3. The topological polar surface area (TPSA) is 45.2 Å². The van der Waals surface area contributed by atoms with Crippen LogP contribution in [0.5, 0.6) is 0 Å². The van der Waals surface area contributed by atoms with Gasteiger partial charge >= 0.3 is 0 Å². The molecule has 5 aromatic rings. The van der Waals surface area contributed by atoms with E-state index < -0.39 is 13.3 Å². The number of anilines is 2. The fraction of sp³-hybridized carbons (Fsp3) is 0.297. The highest BCUT2D eigenvalue weighted by atomic mass is 32.1. The maximum atomic E-state index is 13.2. The van der Waals surface area contributed by atoms with Crippen molar-refractivity contribution in [2.45, 2.75) is 33.5 Å². The lowest BCUT2D eigenvalue weighted by atomic mass is 10.1. The number of hydrogen-bond acceptors (Lipinski definition) is 7. The highest BCUT2D eigenvalue weighted by Crippen LogP contribution is 2.63. The maximum Gasteiger partial charge on any atom is 0.249 e. The van der Waals surface area contributed by atoms with Crippen molar-refractivity contribution in [3.05, 3.63) is 101 Å². The minimum absolute atomic E-state index is 0.513. The summed E-state index contributed by atoms with van der Waals surface area (Å²) < 4.78 is 13.2. The van der Waals surface area contributed by atoms with Crippen LogP contribution in [-0.4, -0.2) is 44.3 Å². The Labute approximate surface area is 275 Å². The first-order valence-electron chi connectivity index (χ1n) is 15.9. The van der Waals surface area contributed by atoms with Gasteiger partial charge in [-0.3, -0.25) is 0 Å². The van der Waals surface area contributed by atoms with E-state index in [1.807, 2.05) is 18.2 Å². The molecular formula is C37H40N2O3PS2+. The van der Waals surface area contributed by atoms with Crippen molar-refractivity contribution in [1.82, 2.24) is 0 Å². The van der Waals surface area contributed by atoms with Gasteiger partial charge in [0.1, 0.15) is 15.1 Å². The summed E-state index contributed by atoms with van der Waals surface area (Å²) in [6.45, 7) is 13.7. The number of thiophene rings is 2. The summed E-state index contributed by atoms with van der Waals surface area (Å²) in [6, 6.07) is 32.2. The zero-order valence-electron chi connectivity index (χ0n) is 26.3. The van der Waals surface area contributed by atoms with Crippen LogP contribution in [0.3, 0.4) is 0 Å². The lowest BCUT2D eigenvalue weighted by Gasteiger charge is -2.34. The van der Waals surface area contributed by atoms with Crippen molar-refractivity contribution < 1.29 is 14.4 Å². The predicted molar refractivity (Wildman–Crippen MR) is 194 cm³/mol. The van der Waals surface area contributed by atoms with E-state index in [0.717, 1.165) is 72.7 Å². The molecule has 0 atom stereocenters. The molecule has 2 aliphatic heterocycles. The van der Waals surface area contributed by atoms with Crippen molar-refractivity contribution in [1.29, 1.82) is 0 Å². The monoisotopic (exact) mass is 655 g/mol. The van der Waals surface area contributed by atoms with Crippen molar-refractivity contribution in [3.8, 4) is 20.9 Å². The molecule has 0 aliphatic carbocycles. The van der Waals surface area contributed by atoms with E-state index in [1.165, 1.54) is 11.4 Å². The Morgan fingerprint density at radius 2 is 1.07 bits per heavy atom. The van der Waals surface area contributed by atoms with E-state index >= 15 is 0 Å². The lowest BCUT2D eigenvalue weighted by Crippen LogP contribution is -2.45. The molecule has 232 valence electrons. The van der Waals surface area contributed by atoms with Crippen LogP contribution in [0, 0.1) is 0 Å². The van der Waals surface area contributed by atoms with Crippen LogP contribution < -0.4 is 25.7 Å². The molecule has 2 aromatic heterocycles. The Morgan fingerprint density at radius 3 is 1.47 bits per heavy atom. The molecule has 7 rings (SSSR count). The number of rotatable bonds is 9. The van der Waals surface area contributed by atoms with Gasteiger partial charge in [-0.1, -0.05) is 42.5 Å². The molecule has 1 saturated heterocycles. The quantitative estimate of drug-likeness (QED) is 0.166. The number of fused-ring (bicyclic) bond motifs is 4. The molecule has 0 amide bonds. The fourth-order valence-electron chi connectivity index (χ4n) is 6.68. The molecule has 0 bridgehead atoms. The fourth-order valence-corrected chi connectivity index (χ4v) is 13.3. The third-order valence-electron chi connectivity index (χ3n) is 9.10. The first-order chi connectivity index (χ1) is 22.0. The summed E-state index contributed by atoms with van der Waals surface area (Å²) in [5.74, 6) is -1.01. The van der Waals surface area contributed by atoms with E-state index in [2.05, 4.69) is 110 Å². The normalized spacial score (nSPS) is 16.0. The van der Waals surface area contributed by atoms with Crippen LogP contribution >= 0.6 is 30.2 Å². The average Bonchev–Trinajstić information content (AvgIpc) is 3.86. The molecule has 3 aromatic carbocycles. The van der Waals surface area contributed by atoms with E-state index in [-0.39, 0.29) is 0 Å². The van der Waals surface area contributed by atoms with Gasteiger partial charge < -0.3 is 19.3 Å². The first kappa shape index (κ1) is 30.6. The Bertz CT molecular complexity index is 1670. The molecule has 0 unspecified atom stereocenters. The summed E-state index contributed by atoms with van der Waals surface area (Å²) in [7, 11) is -3.00. The summed E-state index contributed by atoms with van der Waals surface area (Å²) in [4.78, 5) is 22.0. The van der Waals surface area contributed by atoms with Crippen molar-refractivity contribution in [3.63, 3.8) is 0 Å². The highest BCUT2D eigenvalue weighted by Gasteiger charge is 2.63. The number of benzene rings is 3. The lowest BCUT2D eigenvalue weighted by molar-refractivity contribution is -0.123. The average molecular weight is 656 g/mol. The van der Waals surface area contributed by atoms with Crippen LogP contribution in [0.1, 0.15) is 37.4 Å². The number of nitrogens with zero attached hydrogens (tertiary/aromatic N) is 2. The van der Waals surface area contributed by atoms with E-state index in [9.17, 15) is 4.89 Å². The van der Waals surface area contributed by atoms with Crippen LogP contribution in [-0.2, 0) is 15.3 Å². The molecule has 0 saturated carbocycles. The standard InChI is InChI=1S/C37H40N2O3PS2/c1-5-38(6-2)28-18-14-26(15-19-28)33-24-31-35(44-33)37(41-22-23-42-37)36-32(43(31,40)30-12-10-9-11-13-30)25-34(45-36)27-16-20-29(21-17-27)39(7-3)8-4/h9-21,24-25,40H,5-8,22-23H2,1-4H3/q+1. The van der Waals surface area contributed by atoms with Crippen LogP contribution in [0.2, 0.25) is 0 Å². The molecule has 8 heteroatoms. The molecule has 2 aliphatic rings. The second kappa shape index (κ2) is 12.3. The molecule has 1 N–H and O–H groups in total. The number of hydrogen-bond donors (Lipinski definition) is 1. The highest BCUT2D eigenvalue weighted by molar-refractivity contribution is 7.91. The van der Waals surface area contributed by atoms with Crippen molar-refractivity contribution >= 4 is 57.5 Å². The zero-order chi connectivity index (χ0) is 31.2. The van der Waals surface area contributed by atoms with Gasteiger partial charge in [-0.15, -0.1) is 22.7 Å². The summed E-state index contributed by atoms with van der Waals surface area (Å²) in [5.41, 5.74) is 4.71. The minimum atomic E-state index is -3.00. The van der Waals surface area contributed by atoms with Crippen LogP contribution in [0.25, 0.3) is 20.9 Å². The summed E-state index contributed by atoms with van der Waals surface area (Å²) in [6.07, 6.45) is 0. The molecule has 4 heterocycles. The largest absolute Gasteiger partial charge is 0.372 e. The molecule has 0 radical (unpaired) electrons. The summed E-state index contributed by atoms with van der Waals surface area (Å²) in [5, 5.41) is 2.83. The van der Waals surface area contributed by atoms with Gasteiger partial charge in [0.25, 0.3) is 0 Å². The Morgan fingerprint density at radius 1 is 0.644 bits per heavy atom. The van der Waals surface area contributed by atoms with Gasteiger partial charge in [0.15, 0.2) is 10.6 Å². The van der Waals surface area contributed by atoms with E-state index in [0.29, 0.717) is 13.2 Å². The van der Waals surface area contributed by atoms with Gasteiger partial charge in [0.2, 0.25) is 13.3 Å². The molecule has 1 fully saturated rings. The predicted octanol–water partition coefficient (Wildman–Crippen LogP) is 7.60. The Balaban J connectivity index is 1.39. The van der Waals surface area contributed by atoms with Gasteiger partial charge in [-0.25, -0.2) is 4.89 Å².